The highest BCUT2D eigenvalue weighted by Crippen LogP contribution is 2.17. The fourth-order valence-electron chi connectivity index (χ4n) is 1.91. The molecular formula is C16H21NO2. The highest BCUT2D eigenvalue weighted by molar-refractivity contribution is 5.28. The largest absolute Gasteiger partial charge is 0.486 e. The van der Waals surface area contributed by atoms with Crippen molar-refractivity contribution in [2.24, 2.45) is 0 Å². The number of aryl methyl sites for hydroxylation is 1. The smallest absolute Gasteiger partial charge is 0.146 e. The van der Waals surface area contributed by atoms with Crippen molar-refractivity contribution >= 4 is 0 Å². The van der Waals surface area contributed by atoms with E-state index >= 15 is 0 Å². The lowest BCUT2D eigenvalue weighted by Crippen LogP contribution is -2.12. The number of hydrogen-bond acceptors (Lipinski definition) is 3. The molecule has 0 saturated heterocycles. The molecule has 0 spiro atoms. The molecule has 0 fully saturated rings. The average molecular weight is 259 g/mol. The predicted molar refractivity (Wildman–Crippen MR) is 76.2 cm³/mol. The Morgan fingerprint density at radius 1 is 1.21 bits per heavy atom. The van der Waals surface area contributed by atoms with Gasteiger partial charge in [-0.3, -0.25) is 0 Å². The third-order valence-corrected chi connectivity index (χ3v) is 3.08. The maximum absolute atomic E-state index is 5.79. The molecule has 1 aromatic carbocycles. The normalized spacial score (nSPS) is 10.6. The molecule has 2 aromatic rings. The summed E-state index contributed by atoms with van der Waals surface area (Å²) in [5.74, 6) is 1.79. The molecule has 3 heteroatoms. The standard InChI is InChI=1S/C16H21NO2/c1-3-13-6-5-7-15(10-13)19-12-16-14(8-9-18-16)11-17-4-2/h5-10,17H,3-4,11-12H2,1-2H3. The second kappa shape index (κ2) is 7.00. The first-order valence-corrected chi connectivity index (χ1v) is 6.81. The van der Waals surface area contributed by atoms with Crippen molar-refractivity contribution in [2.45, 2.75) is 33.4 Å². The Hall–Kier alpha value is -1.74. The quantitative estimate of drug-likeness (QED) is 0.826. The van der Waals surface area contributed by atoms with Crippen molar-refractivity contribution in [1.82, 2.24) is 5.32 Å². The van der Waals surface area contributed by atoms with Crippen LogP contribution in [0.4, 0.5) is 0 Å². The van der Waals surface area contributed by atoms with E-state index in [0.717, 1.165) is 36.6 Å². The fourth-order valence-corrected chi connectivity index (χ4v) is 1.91. The molecule has 3 nitrogen and oxygen atoms in total. The molecule has 0 atom stereocenters. The molecule has 1 N–H and O–H groups in total. The van der Waals surface area contributed by atoms with E-state index in [-0.39, 0.29) is 0 Å². The van der Waals surface area contributed by atoms with E-state index < -0.39 is 0 Å². The Kier molecular flexibility index (Phi) is 5.04. The van der Waals surface area contributed by atoms with Gasteiger partial charge in [0.15, 0.2) is 0 Å². The molecule has 0 aliphatic carbocycles. The van der Waals surface area contributed by atoms with Crippen LogP contribution >= 0.6 is 0 Å². The summed E-state index contributed by atoms with van der Waals surface area (Å²) in [5.41, 5.74) is 2.44. The number of rotatable bonds is 7. The van der Waals surface area contributed by atoms with Crippen LogP contribution in [0.1, 0.15) is 30.7 Å². The lowest BCUT2D eigenvalue weighted by molar-refractivity contribution is 0.268. The van der Waals surface area contributed by atoms with E-state index in [1.54, 1.807) is 6.26 Å². The third kappa shape index (κ3) is 3.86. The van der Waals surface area contributed by atoms with E-state index in [1.807, 2.05) is 18.2 Å². The van der Waals surface area contributed by atoms with Crippen molar-refractivity contribution in [3.05, 3.63) is 53.5 Å². The molecular weight excluding hydrogens is 238 g/mol. The second-order valence-corrected chi connectivity index (χ2v) is 4.44. The van der Waals surface area contributed by atoms with Gasteiger partial charge in [0.2, 0.25) is 0 Å². The van der Waals surface area contributed by atoms with Crippen molar-refractivity contribution in [3.63, 3.8) is 0 Å². The van der Waals surface area contributed by atoms with Gasteiger partial charge in [-0.1, -0.05) is 26.0 Å². The minimum absolute atomic E-state index is 0.473. The minimum Gasteiger partial charge on any atom is -0.486 e. The lowest BCUT2D eigenvalue weighted by Gasteiger charge is -2.07. The summed E-state index contributed by atoms with van der Waals surface area (Å²) < 4.78 is 11.3. The topological polar surface area (TPSA) is 34.4 Å². The number of benzene rings is 1. The van der Waals surface area contributed by atoms with E-state index in [4.69, 9.17) is 9.15 Å². The molecule has 0 amide bonds. The summed E-state index contributed by atoms with van der Waals surface area (Å²) in [4.78, 5) is 0. The van der Waals surface area contributed by atoms with Crippen molar-refractivity contribution in [1.29, 1.82) is 0 Å². The molecule has 0 aliphatic rings. The molecule has 19 heavy (non-hydrogen) atoms. The molecule has 0 radical (unpaired) electrons. The zero-order valence-corrected chi connectivity index (χ0v) is 11.6. The van der Waals surface area contributed by atoms with Gasteiger partial charge in [-0.15, -0.1) is 0 Å². The van der Waals surface area contributed by atoms with E-state index in [9.17, 15) is 0 Å². The molecule has 0 aliphatic heterocycles. The van der Waals surface area contributed by atoms with Crippen LogP contribution < -0.4 is 10.1 Å². The first kappa shape index (κ1) is 13.7. The Morgan fingerprint density at radius 3 is 2.89 bits per heavy atom. The molecule has 1 heterocycles. The summed E-state index contributed by atoms with van der Waals surface area (Å²) in [6, 6.07) is 10.2. The summed E-state index contributed by atoms with van der Waals surface area (Å²) in [6.07, 6.45) is 2.73. The first-order chi connectivity index (χ1) is 9.33. The lowest BCUT2D eigenvalue weighted by atomic mass is 10.2. The van der Waals surface area contributed by atoms with Crippen LogP contribution in [-0.2, 0) is 19.6 Å². The summed E-state index contributed by atoms with van der Waals surface area (Å²) in [7, 11) is 0. The van der Waals surface area contributed by atoms with Crippen LogP contribution in [0.25, 0.3) is 0 Å². The zero-order valence-electron chi connectivity index (χ0n) is 11.6. The monoisotopic (exact) mass is 259 g/mol. The van der Waals surface area contributed by atoms with Gasteiger partial charge in [-0.2, -0.15) is 0 Å². The van der Waals surface area contributed by atoms with E-state index in [0.29, 0.717) is 6.61 Å². The number of nitrogens with one attached hydrogen (secondary N) is 1. The molecule has 0 unspecified atom stereocenters. The fraction of sp³-hybridized carbons (Fsp3) is 0.375. The van der Waals surface area contributed by atoms with Crippen LogP contribution in [0, 0.1) is 0 Å². The van der Waals surface area contributed by atoms with E-state index in [1.165, 1.54) is 5.56 Å². The van der Waals surface area contributed by atoms with Gasteiger partial charge in [0.05, 0.1) is 6.26 Å². The van der Waals surface area contributed by atoms with Gasteiger partial charge < -0.3 is 14.5 Å². The van der Waals surface area contributed by atoms with Gasteiger partial charge >= 0.3 is 0 Å². The summed E-state index contributed by atoms with van der Waals surface area (Å²) in [6.45, 7) is 6.47. The van der Waals surface area contributed by atoms with Crippen LogP contribution in [0.15, 0.2) is 41.0 Å². The number of furan rings is 1. The average Bonchev–Trinajstić information content (AvgIpc) is 2.90. The van der Waals surface area contributed by atoms with Gasteiger partial charge in [0.25, 0.3) is 0 Å². The van der Waals surface area contributed by atoms with E-state index in [2.05, 4.69) is 31.3 Å². The van der Waals surface area contributed by atoms with Gasteiger partial charge in [0, 0.05) is 12.1 Å². The summed E-state index contributed by atoms with van der Waals surface area (Å²) >= 11 is 0. The predicted octanol–water partition coefficient (Wildman–Crippen LogP) is 3.53. The Balaban J connectivity index is 1.96. The molecule has 1 aromatic heterocycles. The SMILES string of the molecule is CCNCc1ccoc1COc1cccc(CC)c1. The van der Waals surface area contributed by atoms with Crippen LogP contribution in [0.2, 0.25) is 0 Å². The zero-order chi connectivity index (χ0) is 13.5. The van der Waals surface area contributed by atoms with Crippen LogP contribution in [0.5, 0.6) is 5.75 Å². The van der Waals surface area contributed by atoms with Crippen molar-refractivity contribution in [3.8, 4) is 5.75 Å². The van der Waals surface area contributed by atoms with Crippen molar-refractivity contribution < 1.29 is 9.15 Å². The number of hydrogen-bond donors (Lipinski definition) is 1. The highest BCUT2D eigenvalue weighted by atomic mass is 16.5. The molecule has 0 saturated carbocycles. The summed E-state index contributed by atoms with van der Waals surface area (Å²) in [5, 5.41) is 3.29. The minimum atomic E-state index is 0.473. The Bertz CT molecular complexity index is 505. The Morgan fingerprint density at radius 2 is 2.11 bits per heavy atom. The van der Waals surface area contributed by atoms with Crippen LogP contribution in [0.3, 0.4) is 0 Å². The second-order valence-electron chi connectivity index (χ2n) is 4.44. The molecule has 102 valence electrons. The molecule has 2 rings (SSSR count). The van der Waals surface area contributed by atoms with Crippen molar-refractivity contribution in [2.75, 3.05) is 6.54 Å². The maximum atomic E-state index is 5.79. The maximum Gasteiger partial charge on any atom is 0.146 e. The first-order valence-electron chi connectivity index (χ1n) is 6.81. The third-order valence-electron chi connectivity index (χ3n) is 3.08. The number of ether oxygens (including phenoxy) is 1. The Labute approximate surface area is 114 Å². The van der Waals surface area contributed by atoms with Gasteiger partial charge in [0.1, 0.15) is 18.1 Å². The molecule has 0 bridgehead atoms. The van der Waals surface area contributed by atoms with Gasteiger partial charge in [-0.05, 0) is 36.7 Å². The highest BCUT2D eigenvalue weighted by Gasteiger charge is 2.06. The van der Waals surface area contributed by atoms with Gasteiger partial charge in [-0.25, -0.2) is 0 Å². The van der Waals surface area contributed by atoms with Crippen LogP contribution in [-0.4, -0.2) is 6.54 Å².